The standard InChI is InChI=1S/C14H24N4O/c1-10(2)19-14-7-13(16-9-17-14)18-11(3)12-5-4-6-15-8-12/h7,9-12,15H,4-6,8H2,1-3H3,(H,16,17,18). The van der Waals surface area contributed by atoms with Gasteiger partial charge in [0.1, 0.15) is 12.1 Å². The number of aromatic nitrogens is 2. The third-order valence-electron chi connectivity index (χ3n) is 3.42. The minimum Gasteiger partial charge on any atom is -0.475 e. The summed E-state index contributed by atoms with van der Waals surface area (Å²) in [6.07, 6.45) is 4.19. The van der Waals surface area contributed by atoms with Crippen molar-refractivity contribution < 1.29 is 4.74 Å². The molecule has 2 rings (SSSR count). The second-order valence-corrected chi connectivity index (χ2v) is 5.45. The molecule has 2 atom stereocenters. The minimum atomic E-state index is 0.128. The van der Waals surface area contributed by atoms with Crippen LogP contribution in [0.4, 0.5) is 5.82 Å². The molecule has 5 nitrogen and oxygen atoms in total. The summed E-state index contributed by atoms with van der Waals surface area (Å²) in [5.74, 6) is 2.11. The maximum Gasteiger partial charge on any atom is 0.218 e. The van der Waals surface area contributed by atoms with Crippen LogP contribution in [0.25, 0.3) is 0 Å². The molecule has 0 saturated carbocycles. The topological polar surface area (TPSA) is 59.1 Å². The first-order valence-electron chi connectivity index (χ1n) is 7.11. The van der Waals surface area contributed by atoms with Gasteiger partial charge in [-0.05, 0) is 52.6 Å². The van der Waals surface area contributed by atoms with Crippen LogP contribution in [0.15, 0.2) is 12.4 Å². The smallest absolute Gasteiger partial charge is 0.218 e. The van der Waals surface area contributed by atoms with Gasteiger partial charge in [0.05, 0.1) is 6.10 Å². The van der Waals surface area contributed by atoms with Gasteiger partial charge in [0.2, 0.25) is 5.88 Å². The molecule has 0 aromatic carbocycles. The lowest BCUT2D eigenvalue weighted by Gasteiger charge is -2.29. The Hall–Kier alpha value is -1.36. The van der Waals surface area contributed by atoms with Crippen LogP contribution < -0.4 is 15.4 Å². The van der Waals surface area contributed by atoms with E-state index in [-0.39, 0.29) is 6.10 Å². The molecule has 2 unspecified atom stereocenters. The minimum absolute atomic E-state index is 0.128. The van der Waals surface area contributed by atoms with E-state index in [1.54, 1.807) is 6.33 Å². The van der Waals surface area contributed by atoms with Crippen molar-refractivity contribution in [3.63, 3.8) is 0 Å². The van der Waals surface area contributed by atoms with Crippen molar-refractivity contribution in [2.75, 3.05) is 18.4 Å². The van der Waals surface area contributed by atoms with E-state index in [1.165, 1.54) is 12.8 Å². The van der Waals surface area contributed by atoms with Crippen LogP contribution in [-0.4, -0.2) is 35.2 Å². The highest BCUT2D eigenvalue weighted by atomic mass is 16.5. The zero-order valence-electron chi connectivity index (χ0n) is 12.0. The van der Waals surface area contributed by atoms with Gasteiger partial charge in [-0.2, -0.15) is 0 Å². The molecule has 0 radical (unpaired) electrons. The average Bonchev–Trinajstić information content (AvgIpc) is 2.39. The van der Waals surface area contributed by atoms with Gasteiger partial charge >= 0.3 is 0 Å². The molecule has 0 amide bonds. The zero-order chi connectivity index (χ0) is 13.7. The Bertz CT molecular complexity index is 391. The molecule has 2 heterocycles. The van der Waals surface area contributed by atoms with Gasteiger partial charge in [-0.3, -0.25) is 0 Å². The maximum atomic E-state index is 5.58. The van der Waals surface area contributed by atoms with Crippen molar-refractivity contribution >= 4 is 5.82 Å². The summed E-state index contributed by atoms with van der Waals surface area (Å²) in [6, 6.07) is 2.27. The van der Waals surface area contributed by atoms with Crippen LogP contribution in [0, 0.1) is 5.92 Å². The van der Waals surface area contributed by atoms with E-state index < -0.39 is 0 Å². The van der Waals surface area contributed by atoms with Gasteiger partial charge in [0.15, 0.2) is 0 Å². The van der Waals surface area contributed by atoms with E-state index in [9.17, 15) is 0 Å². The number of ether oxygens (including phenoxy) is 1. The molecular formula is C14H24N4O. The average molecular weight is 264 g/mol. The van der Waals surface area contributed by atoms with Crippen LogP contribution in [0.5, 0.6) is 5.88 Å². The molecule has 5 heteroatoms. The van der Waals surface area contributed by atoms with Crippen molar-refractivity contribution in [1.29, 1.82) is 0 Å². The van der Waals surface area contributed by atoms with Gasteiger partial charge in [0.25, 0.3) is 0 Å². The van der Waals surface area contributed by atoms with Crippen molar-refractivity contribution in [3.8, 4) is 5.88 Å². The highest BCUT2D eigenvalue weighted by Gasteiger charge is 2.20. The van der Waals surface area contributed by atoms with Gasteiger partial charge in [-0.1, -0.05) is 0 Å². The van der Waals surface area contributed by atoms with Crippen LogP contribution in [0.3, 0.4) is 0 Å². The Morgan fingerprint density at radius 1 is 1.37 bits per heavy atom. The van der Waals surface area contributed by atoms with E-state index in [1.807, 2.05) is 19.9 Å². The fourth-order valence-corrected chi connectivity index (χ4v) is 2.38. The highest BCUT2D eigenvalue weighted by Crippen LogP contribution is 2.19. The summed E-state index contributed by atoms with van der Waals surface area (Å²) in [4.78, 5) is 8.37. The summed E-state index contributed by atoms with van der Waals surface area (Å²) in [5, 5.41) is 6.90. The number of rotatable bonds is 5. The normalized spacial score (nSPS) is 21.2. The van der Waals surface area contributed by atoms with Crippen molar-refractivity contribution in [2.45, 2.75) is 45.8 Å². The molecule has 2 N–H and O–H groups in total. The monoisotopic (exact) mass is 264 g/mol. The molecule has 1 aliphatic heterocycles. The highest BCUT2D eigenvalue weighted by molar-refractivity contribution is 5.38. The summed E-state index contributed by atoms with van der Waals surface area (Å²) in [5.41, 5.74) is 0. The second-order valence-electron chi connectivity index (χ2n) is 5.45. The van der Waals surface area contributed by atoms with Crippen LogP contribution in [-0.2, 0) is 0 Å². The first-order valence-corrected chi connectivity index (χ1v) is 7.11. The van der Waals surface area contributed by atoms with E-state index in [4.69, 9.17) is 4.74 Å². The quantitative estimate of drug-likeness (QED) is 0.852. The molecule has 19 heavy (non-hydrogen) atoms. The second kappa shape index (κ2) is 6.70. The van der Waals surface area contributed by atoms with Crippen molar-refractivity contribution in [1.82, 2.24) is 15.3 Å². The van der Waals surface area contributed by atoms with E-state index in [2.05, 4.69) is 27.5 Å². The molecule has 1 fully saturated rings. The van der Waals surface area contributed by atoms with Gasteiger partial charge in [-0.15, -0.1) is 0 Å². The Morgan fingerprint density at radius 3 is 2.89 bits per heavy atom. The summed E-state index contributed by atoms with van der Waals surface area (Å²) < 4.78 is 5.58. The summed E-state index contributed by atoms with van der Waals surface area (Å²) in [6.45, 7) is 8.41. The number of nitrogens with one attached hydrogen (secondary N) is 2. The predicted molar refractivity (Wildman–Crippen MR) is 76.5 cm³/mol. The molecule has 1 aliphatic rings. The lowest BCUT2D eigenvalue weighted by molar-refractivity contribution is 0.232. The maximum absolute atomic E-state index is 5.58. The number of nitrogens with zero attached hydrogens (tertiary/aromatic N) is 2. The van der Waals surface area contributed by atoms with Gasteiger partial charge in [0, 0.05) is 12.1 Å². The van der Waals surface area contributed by atoms with Crippen molar-refractivity contribution in [3.05, 3.63) is 12.4 Å². The zero-order valence-corrected chi connectivity index (χ0v) is 12.0. The molecule has 106 valence electrons. The molecule has 0 bridgehead atoms. The molecule has 0 aliphatic carbocycles. The molecule has 0 spiro atoms. The molecule has 1 aromatic rings. The molecule has 1 aromatic heterocycles. The Labute approximate surface area is 115 Å². The molecular weight excluding hydrogens is 240 g/mol. The Kier molecular flexibility index (Phi) is 4.96. The van der Waals surface area contributed by atoms with Gasteiger partial charge in [-0.25, -0.2) is 9.97 Å². The van der Waals surface area contributed by atoms with Crippen LogP contribution in [0.1, 0.15) is 33.6 Å². The first kappa shape index (κ1) is 14.1. The summed E-state index contributed by atoms with van der Waals surface area (Å²) in [7, 11) is 0. The van der Waals surface area contributed by atoms with E-state index in [0.717, 1.165) is 18.9 Å². The Balaban J connectivity index is 1.93. The number of anilines is 1. The Morgan fingerprint density at radius 2 is 2.21 bits per heavy atom. The largest absolute Gasteiger partial charge is 0.475 e. The lowest BCUT2D eigenvalue weighted by atomic mass is 9.93. The number of hydrogen-bond acceptors (Lipinski definition) is 5. The third-order valence-corrected chi connectivity index (χ3v) is 3.42. The third kappa shape index (κ3) is 4.35. The predicted octanol–water partition coefficient (Wildman–Crippen LogP) is 2.06. The van der Waals surface area contributed by atoms with Gasteiger partial charge < -0.3 is 15.4 Å². The number of piperidine rings is 1. The summed E-state index contributed by atoms with van der Waals surface area (Å²) >= 11 is 0. The fraction of sp³-hybridized carbons (Fsp3) is 0.714. The number of hydrogen-bond donors (Lipinski definition) is 2. The lowest BCUT2D eigenvalue weighted by Crippen LogP contribution is -2.38. The fourth-order valence-electron chi connectivity index (χ4n) is 2.38. The van der Waals surface area contributed by atoms with E-state index >= 15 is 0 Å². The SMILES string of the molecule is CC(C)Oc1cc(NC(C)C2CCCNC2)ncn1. The van der Waals surface area contributed by atoms with Crippen LogP contribution >= 0.6 is 0 Å². The van der Waals surface area contributed by atoms with E-state index in [0.29, 0.717) is 17.8 Å². The first-order chi connectivity index (χ1) is 9.15. The van der Waals surface area contributed by atoms with Crippen molar-refractivity contribution in [2.24, 2.45) is 5.92 Å². The van der Waals surface area contributed by atoms with Crippen LogP contribution in [0.2, 0.25) is 0 Å². The molecule has 1 saturated heterocycles.